The number of aromatic nitrogens is 3. The summed E-state index contributed by atoms with van der Waals surface area (Å²) in [4.78, 5) is 27.3. The molecule has 0 spiro atoms. The predicted octanol–water partition coefficient (Wildman–Crippen LogP) is 1.56. The fourth-order valence-corrected chi connectivity index (χ4v) is 3.08. The van der Waals surface area contributed by atoms with E-state index in [0.29, 0.717) is 26.3 Å². The summed E-state index contributed by atoms with van der Waals surface area (Å²) in [5.74, 6) is -1.24. The SMILES string of the molecule is Cc1cc(=O)n2nc(/C(Cl)=C/c3ccc(C(=O)[O-])cc3)sc2n1. The quantitative estimate of drug-likeness (QED) is 0.718. The van der Waals surface area contributed by atoms with Crippen molar-refractivity contribution >= 4 is 45.0 Å². The Hall–Kier alpha value is -2.51. The van der Waals surface area contributed by atoms with E-state index in [-0.39, 0.29) is 11.1 Å². The number of nitrogens with zero attached hydrogens (tertiary/aromatic N) is 3. The van der Waals surface area contributed by atoms with Crippen LogP contribution in [0.25, 0.3) is 16.1 Å². The van der Waals surface area contributed by atoms with Crippen LogP contribution in [-0.4, -0.2) is 20.6 Å². The first-order valence-electron chi connectivity index (χ1n) is 6.50. The molecule has 0 atom stereocenters. The minimum Gasteiger partial charge on any atom is -0.545 e. The average Bonchev–Trinajstić information content (AvgIpc) is 2.92. The molecule has 0 saturated carbocycles. The zero-order valence-electron chi connectivity index (χ0n) is 11.8. The van der Waals surface area contributed by atoms with Gasteiger partial charge >= 0.3 is 0 Å². The Balaban J connectivity index is 1.99. The second-order valence-electron chi connectivity index (χ2n) is 4.74. The number of benzene rings is 1. The van der Waals surface area contributed by atoms with Gasteiger partial charge < -0.3 is 9.90 Å². The summed E-state index contributed by atoms with van der Waals surface area (Å²) >= 11 is 7.44. The molecule has 0 N–H and O–H groups in total. The third-order valence-corrected chi connectivity index (χ3v) is 4.36. The molecule has 0 unspecified atom stereocenters. The van der Waals surface area contributed by atoms with E-state index in [0.717, 1.165) is 0 Å². The summed E-state index contributed by atoms with van der Waals surface area (Å²) in [7, 11) is 0. The predicted molar refractivity (Wildman–Crippen MR) is 86.4 cm³/mol. The Labute approximate surface area is 139 Å². The van der Waals surface area contributed by atoms with Crippen LogP contribution in [0.1, 0.15) is 26.6 Å². The lowest BCUT2D eigenvalue weighted by Gasteiger charge is -2.02. The van der Waals surface area contributed by atoms with Gasteiger partial charge in [-0.1, -0.05) is 47.2 Å². The Morgan fingerprint density at radius 1 is 1.35 bits per heavy atom. The lowest BCUT2D eigenvalue weighted by molar-refractivity contribution is -0.255. The normalized spacial score (nSPS) is 11.8. The van der Waals surface area contributed by atoms with Gasteiger partial charge in [-0.3, -0.25) is 4.79 Å². The molecule has 0 fully saturated rings. The molecule has 0 amide bonds. The van der Waals surface area contributed by atoms with Gasteiger partial charge in [0, 0.05) is 11.8 Å². The molecule has 3 aromatic rings. The van der Waals surface area contributed by atoms with Gasteiger partial charge in [0.05, 0.1) is 11.0 Å². The molecule has 1 aromatic carbocycles. The minimum absolute atomic E-state index is 0.0875. The number of aromatic carboxylic acids is 1. The van der Waals surface area contributed by atoms with E-state index in [1.54, 1.807) is 25.1 Å². The largest absolute Gasteiger partial charge is 0.545 e. The van der Waals surface area contributed by atoms with Crippen molar-refractivity contribution in [3.05, 3.63) is 62.5 Å². The van der Waals surface area contributed by atoms with Crippen molar-refractivity contribution in [3.8, 4) is 0 Å². The minimum atomic E-state index is -1.24. The molecule has 0 aliphatic heterocycles. The molecular formula is C15H9ClN3O3S-. The summed E-state index contributed by atoms with van der Waals surface area (Å²) in [6, 6.07) is 7.47. The van der Waals surface area contributed by atoms with Crippen molar-refractivity contribution in [3.63, 3.8) is 0 Å². The lowest BCUT2D eigenvalue weighted by Crippen LogP contribution is -2.21. The Bertz CT molecular complexity index is 989. The van der Waals surface area contributed by atoms with Gasteiger partial charge in [0.25, 0.3) is 5.56 Å². The van der Waals surface area contributed by atoms with Crippen molar-refractivity contribution in [1.29, 1.82) is 0 Å². The number of halogens is 1. The Morgan fingerprint density at radius 3 is 2.70 bits per heavy atom. The number of carbonyl (C=O) groups is 1. The topological polar surface area (TPSA) is 87.4 Å². The highest BCUT2D eigenvalue weighted by atomic mass is 35.5. The molecule has 6 nitrogen and oxygen atoms in total. The molecule has 0 aliphatic carbocycles. The van der Waals surface area contributed by atoms with Crippen LogP contribution in [0, 0.1) is 6.92 Å². The summed E-state index contributed by atoms with van der Waals surface area (Å²) in [6.45, 7) is 1.73. The van der Waals surface area contributed by atoms with Crippen LogP contribution in [0.5, 0.6) is 0 Å². The van der Waals surface area contributed by atoms with Gasteiger partial charge in [-0.25, -0.2) is 4.98 Å². The summed E-state index contributed by atoms with van der Waals surface area (Å²) in [5.41, 5.74) is 1.14. The number of rotatable bonds is 3. The first-order valence-corrected chi connectivity index (χ1v) is 7.70. The van der Waals surface area contributed by atoms with Crippen molar-refractivity contribution < 1.29 is 9.90 Å². The first-order chi connectivity index (χ1) is 10.9. The van der Waals surface area contributed by atoms with Crippen LogP contribution < -0.4 is 10.7 Å². The van der Waals surface area contributed by atoms with Crippen molar-refractivity contribution in [1.82, 2.24) is 14.6 Å². The van der Waals surface area contributed by atoms with Crippen LogP contribution in [0.15, 0.2) is 35.1 Å². The van der Waals surface area contributed by atoms with Gasteiger partial charge in [-0.15, -0.1) is 0 Å². The third-order valence-electron chi connectivity index (χ3n) is 3.02. The van der Waals surface area contributed by atoms with Gasteiger partial charge in [-0.2, -0.15) is 9.61 Å². The van der Waals surface area contributed by atoms with E-state index in [4.69, 9.17) is 11.6 Å². The Kier molecular flexibility index (Phi) is 3.97. The van der Waals surface area contributed by atoms with E-state index < -0.39 is 5.97 Å². The second kappa shape index (κ2) is 5.94. The average molecular weight is 347 g/mol. The highest BCUT2D eigenvalue weighted by Crippen LogP contribution is 2.26. The molecule has 8 heteroatoms. The zero-order valence-corrected chi connectivity index (χ0v) is 13.4. The van der Waals surface area contributed by atoms with Crippen LogP contribution >= 0.6 is 22.9 Å². The van der Waals surface area contributed by atoms with Crippen LogP contribution in [-0.2, 0) is 0 Å². The lowest BCUT2D eigenvalue weighted by atomic mass is 10.1. The van der Waals surface area contributed by atoms with E-state index in [1.165, 1.54) is 34.1 Å². The zero-order chi connectivity index (χ0) is 16.6. The molecule has 116 valence electrons. The van der Waals surface area contributed by atoms with Gasteiger partial charge in [0.15, 0.2) is 5.01 Å². The maximum Gasteiger partial charge on any atom is 0.275 e. The van der Waals surface area contributed by atoms with Gasteiger partial charge in [0.1, 0.15) is 0 Å². The van der Waals surface area contributed by atoms with Crippen molar-refractivity contribution in [2.45, 2.75) is 6.92 Å². The maximum absolute atomic E-state index is 11.8. The summed E-state index contributed by atoms with van der Waals surface area (Å²) in [6.07, 6.45) is 1.64. The van der Waals surface area contributed by atoms with Crippen LogP contribution in [0.2, 0.25) is 0 Å². The number of hydrogen-bond acceptors (Lipinski definition) is 6. The number of fused-ring (bicyclic) bond motifs is 1. The van der Waals surface area contributed by atoms with Crippen LogP contribution in [0.4, 0.5) is 0 Å². The molecule has 0 aliphatic rings. The van der Waals surface area contributed by atoms with Crippen molar-refractivity contribution in [2.75, 3.05) is 0 Å². The van der Waals surface area contributed by atoms with E-state index in [2.05, 4.69) is 10.1 Å². The van der Waals surface area contributed by atoms with E-state index in [1.807, 2.05) is 0 Å². The molecule has 2 heterocycles. The monoisotopic (exact) mass is 346 g/mol. The standard InChI is InChI=1S/C15H10ClN3O3S/c1-8-6-12(20)19-15(17-8)23-13(18-19)11(16)7-9-2-4-10(5-3-9)14(21)22/h2-7H,1H3,(H,21,22)/p-1/b11-7-. The molecule has 0 radical (unpaired) electrons. The van der Waals surface area contributed by atoms with Gasteiger partial charge in [-0.05, 0) is 24.1 Å². The molecule has 3 rings (SSSR count). The number of hydrogen-bond donors (Lipinski definition) is 0. The Morgan fingerprint density at radius 2 is 2.04 bits per heavy atom. The molecule has 23 heavy (non-hydrogen) atoms. The second-order valence-corrected chi connectivity index (χ2v) is 6.10. The fourth-order valence-electron chi connectivity index (χ4n) is 1.94. The van der Waals surface area contributed by atoms with E-state index >= 15 is 0 Å². The summed E-state index contributed by atoms with van der Waals surface area (Å²) < 4.78 is 1.20. The first kappa shape index (κ1) is 15.4. The number of carboxylic acids is 1. The van der Waals surface area contributed by atoms with E-state index in [9.17, 15) is 14.7 Å². The maximum atomic E-state index is 11.8. The smallest absolute Gasteiger partial charge is 0.275 e. The number of carboxylic acid groups (broad SMARTS) is 1. The molecule has 0 bridgehead atoms. The van der Waals surface area contributed by atoms with Crippen molar-refractivity contribution in [2.24, 2.45) is 0 Å². The molecular weight excluding hydrogens is 338 g/mol. The molecule has 0 saturated heterocycles. The highest BCUT2D eigenvalue weighted by Gasteiger charge is 2.10. The van der Waals surface area contributed by atoms with Crippen LogP contribution in [0.3, 0.4) is 0 Å². The molecule has 2 aromatic heterocycles. The van der Waals surface area contributed by atoms with Gasteiger partial charge in [0.2, 0.25) is 4.96 Å². The highest BCUT2D eigenvalue weighted by molar-refractivity contribution is 7.18. The fraction of sp³-hybridized carbons (Fsp3) is 0.0667. The number of carbonyl (C=O) groups excluding carboxylic acids is 1. The summed E-state index contributed by atoms with van der Waals surface area (Å²) in [5, 5.41) is 15.6. The third kappa shape index (κ3) is 3.15. The number of aryl methyl sites for hydroxylation is 1.